The predicted octanol–water partition coefficient (Wildman–Crippen LogP) is 2.10. The zero-order valence-electron chi connectivity index (χ0n) is 9.89. The molecule has 1 aromatic rings. The predicted molar refractivity (Wildman–Crippen MR) is 60.1 cm³/mol. The van der Waals surface area contributed by atoms with Gasteiger partial charge in [-0.15, -0.1) is 0 Å². The zero-order valence-corrected chi connectivity index (χ0v) is 9.89. The summed E-state index contributed by atoms with van der Waals surface area (Å²) in [6, 6.07) is 5.50. The topological polar surface area (TPSA) is 57.6 Å². The average Bonchev–Trinajstić information content (AvgIpc) is 2.77. The van der Waals surface area contributed by atoms with E-state index >= 15 is 0 Å². The summed E-state index contributed by atoms with van der Waals surface area (Å²) >= 11 is 0. The number of anilines is 1. The van der Waals surface area contributed by atoms with E-state index in [2.05, 4.69) is 0 Å². The standard InChI is InChI=1S/C12H9F4NO3/c13-10(14)12(15,16)11(20)17-5-7(9(18)19)6-3-1-2-4-8(6)17/h1-4,7,10H,5H2,(H,18,19). The molecule has 1 N–H and O–H groups in total. The first-order chi connectivity index (χ1) is 9.26. The van der Waals surface area contributed by atoms with E-state index in [4.69, 9.17) is 5.11 Å². The van der Waals surface area contributed by atoms with Crippen molar-refractivity contribution in [3.8, 4) is 0 Å². The number of carbonyl (C=O) groups is 2. The molecule has 1 atom stereocenters. The van der Waals surface area contributed by atoms with E-state index in [0.29, 0.717) is 4.90 Å². The Hall–Kier alpha value is -2.12. The van der Waals surface area contributed by atoms with E-state index in [1.54, 1.807) is 0 Å². The number of carboxylic acids is 1. The summed E-state index contributed by atoms with van der Waals surface area (Å²) < 4.78 is 50.7. The lowest BCUT2D eigenvalue weighted by molar-refractivity contribution is -0.166. The number of aliphatic carboxylic acids is 1. The van der Waals surface area contributed by atoms with Crippen molar-refractivity contribution in [2.45, 2.75) is 18.3 Å². The Labute approximate surface area is 110 Å². The Morgan fingerprint density at radius 3 is 2.45 bits per heavy atom. The molecule has 0 fully saturated rings. The number of carboxylic acid groups (broad SMARTS) is 1. The maximum Gasteiger partial charge on any atom is 0.384 e. The third-order valence-electron chi connectivity index (χ3n) is 3.07. The highest BCUT2D eigenvalue weighted by Crippen LogP contribution is 2.39. The largest absolute Gasteiger partial charge is 0.481 e. The quantitative estimate of drug-likeness (QED) is 0.868. The van der Waals surface area contributed by atoms with Gasteiger partial charge in [-0.05, 0) is 11.6 Å². The lowest BCUT2D eigenvalue weighted by Crippen LogP contribution is -2.47. The molecule has 0 radical (unpaired) electrons. The number of fused-ring (bicyclic) bond motifs is 1. The van der Waals surface area contributed by atoms with Crippen LogP contribution in [0.1, 0.15) is 11.5 Å². The maximum atomic E-state index is 13.1. The molecule has 1 amide bonds. The first-order valence-electron chi connectivity index (χ1n) is 5.56. The molecule has 20 heavy (non-hydrogen) atoms. The van der Waals surface area contributed by atoms with Crippen LogP contribution in [0.4, 0.5) is 23.2 Å². The summed E-state index contributed by atoms with van der Waals surface area (Å²) in [6.45, 7) is -0.587. The molecule has 8 heteroatoms. The van der Waals surface area contributed by atoms with Gasteiger partial charge in [0.25, 0.3) is 0 Å². The molecule has 0 saturated carbocycles. The van der Waals surface area contributed by atoms with Crippen LogP contribution in [0.5, 0.6) is 0 Å². The van der Waals surface area contributed by atoms with Crippen LogP contribution in [0.15, 0.2) is 24.3 Å². The lowest BCUT2D eigenvalue weighted by atomic mass is 10.0. The highest BCUT2D eigenvalue weighted by Gasteiger charge is 2.53. The smallest absolute Gasteiger partial charge is 0.384 e. The van der Waals surface area contributed by atoms with Crippen LogP contribution < -0.4 is 4.90 Å². The lowest BCUT2D eigenvalue weighted by Gasteiger charge is -2.23. The average molecular weight is 291 g/mol. The number of amides is 1. The van der Waals surface area contributed by atoms with Gasteiger partial charge < -0.3 is 10.0 Å². The minimum atomic E-state index is -4.85. The second-order valence-electron chi connectivity index (χ2n) is 4.29. The summed E-state index contributed by atoms with van der Waals surface area (Å²) in [5.74, 6) is -9.46. The fourth-order valence-electron chi connectivity index (χ4n) is 2.08. The molecule has 1 aliphatic heterocycles. The Bertz CT molecular complexity index is 561. The van der Waals surface area contributed by atoms with Gasteiger partial charge in [0.1, 0.15) is 5.92 Å². The van der Waals surface area contributed by atoms with Crippen molar-refractivity contribution < 1.29 is 32.3 Å². The second-order valence-corrected chi connectivity index (χ2v) is 4.29. The Kier molecular flexibility index (Phi) is 3.41. The Balaban J connectivity index is 2.41. The van der Waals surface area contributed by atoms with Crippen molar-refractivity contribution in [2.75, 3.05) is 11.4 Å². The van der Waals surface area contributed by atoms with Gasteiger partial charge in [-0.1, -0.05) is 18.2 Å². The van der Waals surface area contributed by atoms with Crippen molar-refractivity contribution in [1.82, 2.24) is 0 Å². The van der Waals surface area contributed by atoms with E-state index in [0.717, 1.165) is 0 Å². The van der Waals surface area contributed by atoms with E-state index in [9.17, 15) is 27.2 Å². The van der Waals surface area contributed by atoms with Crippen molar-refractivity contribution in [1.29, 1.82) is 0 Å². The highest BCUT2D eigenvalue weighted by atomic mass is 19.3. The van der Waals surface area contributed by atoms with E-state index in [1.165, 1.54) is 24.3 Å². The minimum absolute atomic E-state index is 0.0785. The van der Waals surface area contributed by atoms with Crippen LogP contribution in [0.25, 0.3) is 0 Å². The van der Waals surface area contributed by atoms with Crippen LogP contribution in [0, 0.1) is 0 Å². The van der Waals surface area contributed by atoms with Gasteiger partial charge in [0.15, 0.2) is 0 Å². The van der Waals surface area contributed by atoms with Crippen LogP contribution in [-0.4, -0.2) is 35.9 Å². The molecular weight excluding hydrogens is 282 g/mol. The van der Waals surface area contributed by atoms with Gasteiger partial charge in [0.05, 0.1) is 0 Å². The molecule has 0 aliphatic carbocycles. The monoisotopic (exact) mass is 291 g/mol. The summed E-state index contributed by atoms with van der Waals surface area (Å²) in [5.41, 5.74) is 0.0728. The molecule has 1 unspecified atom stereocenters. The van der Waals surface area contributed by atoms with Crippen molar-refractivity contribution in [2.24, 2.45) is 0 Å². The van der Waals surface area contributed by atoms with Gasteiger partial charge in [-0.25, -0.2) is 8.78 Å². The molecule has 0 saturated heterocycles. The molecule has 1 aliphatic rings. The van der Waals surface area contributed by atoms with E-state index < -0.39 is 36.7 Å². The zero-order chi connectivity index (χ0) is 15.1. The molecule has 0 bridgehead atoms. The first kappa shape index (κ1) is 14.3. The fraction of sp³-hybridized carbons (Fsp3) is 0.333. The second kappa shape index (κ2) is 4.77. The summed E-state index contributed by atoms with van der Waals surface area (Å²) in [5, 5.41) is 9.00. The number of hydrogen-bond acceptors (Lipinski definition) is 2. The number of rotatable bonds is 3. The number of halogens is 4. The first-order valence-corrected chi connectivity index (χ1v) is 5.56. The molecule has 4 nitrogen and oxygen atoms in total. The van der Waals surface area contributed by atoms with Gasteiger partial charge in [-0.2, -0.15) is 8.78 Å². The number of benzene rings is 1. The third-order valence-corrected chi connectivity index (χ3v) is 3.07. The SMILES string of the molecule is O=C(O)C1CN(C(=O)C(F)(F)C(F)F)c2ccccc21. The van der Waals surface area contributed by atoms with Crippen LogP contribution >= 0.6 is 0 Å². The van der Waals surface area contributed by atoms with Crippen LogP contribution in [0.3, 0.4) is 0 Å². The molecule has 1 aromatic carbocycles. The Morgan fingerprint density at radius 2 is 1.90 bits per heavy atom. The van der Waals surface area contributed by atoms with Crippen molar-refractivity contribution >= 4 is 17.6 Å². The number of hydrogen-bond donors (Lipinski definition) is 1. The Morgan fingerprint density at radius 1 is 1.30 bits per heavy atom. The number of nitrogens with zero attached hydrogens (tertiary/aromatic N) is 1. The molecule has 108 valence electrons. The van der Waals surface area contributed by atoms with Gasteiger partial charge in [0, 0.05) is 12.2 Å². The fourth-order valence-corrected chi connectivity index (χ4v) is 2.08. The highest BCUT2D eigenvalue weighted by molar-refractivity contribution is 6.02. The molecule has 0 aromatic heterocycles. The third kappa shape index (κ3) is 2.10. The van der Waals surface area contributed by atoms with Crippen molar-refractivity contribution in [3.05, 3.63) is 29.8 Å². The van der Waals surface area contributed by atoms with Gasteiger partial charge in [-0.3, -0.25) is 9.59 Å². The number of para-hydroxylation sites is 1. The van der Waals surface area contributed by atoms with Crippen LogP contribution in [-0.2, 0) is 9.59 Å². The molecular formula is C12H9F4NO3. The minimum Gasteiger partial charge on any atom is -0.481 e. The number of carbonyl (C=O) groups excluding carboxylic acids is 1. The summed E-state index contributed by atoms with van der Waals surface area (Å²) in [7, 11) is 0. The maximum absolute atomic E-state index is 13.1. The van der Waals surface area contributed by atoms with Crippen LogP contribution in [0.2, 0.25) is 0 Å². The molecule has 1 heterocycles. The van der Waals surface area contributed by atoms with Gasteiger partial charge in [0.2, 0.25) is 0 Å². The van der Waals surface area contributed by atoms with Crippen molar-refractivity contribution in [3.63, 3.8) is 0 Å². The normalized spacial score (nSPS) is 18.2. The number of alkyl halides is 4. The van der Waals surface area contributed by atoms with E-state index in [-0.39, 0.29) is 11.3 Å². The van der Waals surface area contributed by atoms with Gasteiger partial charge >= 0.3 is 24.2 Å². The molecule has 2 rings (SSSR count). The summed E-state index contributed by atoms with van der Waals surface area (Å²) in [4.78, 5) is 23.0. The van der Waals surface area contributed by atoms with E-state index in [1.807, 2.05) is 0 Å². The summed E-state index contributed by atoms with van der Waals surface area (Å²) in [6.07, 6.45) is -4.15. The molecule has 0 spiro atoms.